The third-order valence-corrected chi connectivity index (χ3v) is 5.59. The SMILES string of the molecule is C1COC2(CCC(NC3CCC4(CC3)OCCO4)CC2)O1. The molecule has 5 nitrogen and oxygen atoms in total. The van der Waals surface area contributed by atoms with Crippen LogP contribution in [0.25, 0.3) is 0 Å². The van der Waals surface area contributed by atoms with Gasteiger partial charge in [0.05, 0.1) is 26.4 Å². The van der Waals surface area contributed by atoms with Gasteiger partial charge in [-0.3, -0.25) is 0 Å². The molecule has 0 bridgehead atoms. The smallest absolute Gasteiger partial charge is 0.168 e. The first-order valence-electron chi connectivity index (χ1n) is 8.60. The van der Waals surface area contributed by atoms with Crippen molar-refractivity contribution in [2.24, 2.45) is 0 Å². The van der Waals surface area contributed by atoms with E-state index in [1.54, 1.807) is 0 Å². The molecular weight excluding hydrogens is 270 g/mol. The predicted octanol–water partition coefficient (Wildman–Crippen LogP) is 1.95. The Balaban J connectivity index is 1.23. The molecule has 2 spiro atoms. The zero-order valence-electron chi connectivity index (χ0n) is 12.8. The lowest BCUT2D eigenvalue weighted by molar-refractivity contribution is -0.184. The molecule has 0 aromatic rings. The fourth-order valence-electron chi connectivity index (χ4n) is 4.35. The van der Waals surface area contributed by atoms with E-state index in [1.807, 2.05) is 0 Å². The van der Waals surface area contributed by atoms with Gasteiger partial charge in [0.15, 0.2) is 11.6 Å². The summed E-state index contributed by atoms with van der Waals surface area (Å²) < 4.78 is 23.2. The number of rotatable bonds is 2. The quantitative estimate of drug-likeness (QED) is 0.844. The third kappa shape index (κ3) is 2.99. The number of nitrogens with one attached hydrogen (secondary N) is 1. The van der Waals surface area contributed by atoms with Gasteiger partial charge in [0.1, 0.15) is 0 Å². The topological polar surface area (TPSA) is 49.0 Å². The zero-order valence-corrected chi connectivity index (χ0v) is 12.8. The summed E-state index contributed by atoms with van der Waals surface area (Å²) in [7, 11) is 0. The van der Waals surface area contributed by atoms with E-state index in [0.29, 0.717) is 12.1 Å². The summed E-state index contributed by atoms with van der Waals surface area (Å²) >= 11 is 0. The zero-order chi connectivity index (χ0) is 14.2. The van der Waals surface area contributed by atoms with Gasteiger partial charge in [-0.2, -0.15) is 0 Å². The van der Waals surface area contributed by atoms with Crippen LogP contribution < -0.4 is 5.32 Å². The highest BCUT2D eigenvalue weighted by atomic mass is 16.7. The van der Waals surface area contributed by atoms with Crippen LogP contribution in [-0.4, -0.2) is 50.1 Å². The molecule has 120 valence electrons. The Bertz CT molecular complexity index is 309. The highest BCUT2D eigenvalue weighted by Crippen LogP contribution is 2.38. The highest BCUT2D eigenvalue weighted by molar-refractivity contribution is 4.90. The summed E-state index contributed by atoms with van der Waals surface area (Å²) in [5.41, 5.74) is 0. The van der Waals surface area contributed by atoms with Gasteiger partial charge in [-0.25, -0.2) is 0 Å². The maximum absolute atomic E-state index is 5.80. The molecule has 2 aliphatic carbocycles. The van der Waals surface area contributed by atoms with E-state index in [2.05, 4.69) is 5.32 Å². The number of ether oxygens (including phenoxy) is 4. The second-order valence-electron chi connectivity index (χ2n) is 6.93. The van der Waals surface area contributed by atoms with E-state index < -0.39 is 0 Å². The van der Waals surface area contributed by atoms with Gasteiger partial charge >= 0.3 is 0 Å². The number of hydrogen-bond acceptors (Lipinski definition) is 5. The van der Waals surface area contributed by atoms with E-state index in [1.165, 1.54) is 0 Å². The Kier molecular flexibility index (Phi) is 3.96. The normalized spacial score (nSPS) is 35.7. The van der Waals surface area contributed by atoms with Gasteiger partial charge in [-0.15, -0.1) is 0 Å². The predicted molar refractivity (Wildman–Crippen MR) is 76.9 cm³/mol. The lowest BCUT2D eigenvalue weighted by atomic mass is 9.86. The summed E-state index contributed by atoms with van der Waals surface area (Å²) in [5, 5.41) is 3.85. The largest absolute Gasteiger partial charge is 0.348 e. The van der Waals surface area contributed by atoms with Crippen molar-refractivity contribution < 1.29 is 18.9 Å². The summed E-state index contributed by atoms with van der Waals surface area (Å²) in [6, 6.07) is 1.24. The minimum Gasteiger partial charge on any atom is -0.348 e. The minimum absolute atomic E-state index is 0.236. The lowest BCUT2D eigenvalue weighted by Gasteiger charge is -2.40. The van der Waals surface area contributed by atoms with Gasteiger partial charge in [0, 0.05) is 37.8 Å². The second-order valence-corrected chi connectivity index (χ2v) is 6.93. The van der Waals surface area contributed by atoms with Crippen LogP contribution in [0.15, 0.2) is 0 Å². The summed E-state index contributed by atoms with van der Waals surface area (Å²) in [6.07, 6.45) is 8.79. The molecule has 5 heteroatoms. The van der Waals surface area contributed by atoms with E-state index in [-0.39, 0.29) is 11.6 Å². The van der Waals surface area contributed by atoms with Crippen LogP contribution in [-0.2, 0) is 18.9 Å². The second kappa shape index (κ2) is 5.78. The van der Waals surface area contributed by atoms with Crippen molar-refractivity contribution in [1.29, 1.82) is 0 Å². The van der Waals surface area contributed by atoms with Crippen molar-refractivity contribution in [3.8, 4) is 0 Å². The molecule has 1 N–H and O–H groups in total. The van der Waals surface area contributed by atoms with E-state index in [0.717, 1.165) is 77.8 Å². The highest BCUT2D eigenvalue weighted by Gasteiger charge is 2.43. The average Bonchev–Trinajstić information content (AvgIpc) is 3.15. The molecule has 0 radical (unpaired) electrons. The van der Waals surface area contributed by atoms with Crippen LogP contribution in [0.2, 0.25) is 0 Å². The molecule has 0 unspecified atom stereocenters. The van der Waals surface area contributed by atoms with Gasteiger partial charge < -0.3 is 24.3 Å². The molecule has 2 heterocycles. The summed E-state index contributed by atoms with van der Waals surface area (Å²) in [6.45, 7) is 3.07. The van der Waals surface area contributed by atoms with E-state index in [4.69, 9.17) is 18.9 Å². The molecule has 0 atom stereocenters. The molecule has 2 aliphatic heterocycles. The molecule has 2 saturated heterocycles. The van der Waals surface area contributed by atoms with Crippen molar-refractivity contribution in [3.63, 3.8) is 0 Å². The standard InChI is InChI=1S/C16H27NO4/c1-5-15(18-9-10-19-15)6-2-13(1)17-14-3-7-16(8-4-14)20-11-12-21-16/h13-14,17H,1-12H2. The minimum atomic E-state index is -0.236. The maximum atomic E-state index is 5.80. The molecule has 0 aromatic carbocycles. The molecule has 4 aliphatic rings. The van der Waals surface area contributed by atoms with Crippen molar-refractivity contribution in [1.82, 2.24) is 5.32 Å². The fourth-order valence-corrected chi connectivity index (χ4v) is 4.35. The van der Waals surface area contributed by atoms with Gasteiger partial charge in [-0.1, -0.05) is 0 Å². The summed E-state index contributed by atoms with van der Waals surface area (Å²) in [5.74, 6) is -0.472. The Morgan fingerprint density at radius 2 is 0.905 bits per heavy atom. The Labute approximate surface area is 126 Å². The molecule has 4 fully saturated rings. The van der Waals surface area contributed by atoms with Crippen LogP contribution in [0.4, 0.5) is 0 Å². The molecule has 21 heavy (non-hydrogen) atoms. The van der Waals surface area contributed by atoms with Gasteiger partial charge in [-0.05, 0) is 25.7 Å². The lowest BCUT2D eigenvalue weighted by Crippen LogP contribution is -2.48. The average molecular weight is 297 g/mol. The van der Waals surface area contributed by atoms with Crippen LogP contribution in [0, 0.1) is 0 Å². The molecular formula is C16H27NO4. The molecule has 4 rings (SSSR count). The van der Waals surface area contributed by atoms with Crippen LogP contribution in [0.5, 0.6) is 0 Å². The Morgan fingerprint density at radius 3 is 1.24 bits per heavy atom. The first-order valence-corrected chi connectivity index (χ1v) is 8.60. The molecule has 0 aromatic heterocycles. The van der Waals surface area contributed by atoms with Crippen molar-refractivity contribution in [2.75, 3.05) is 26.4 Å². The van der Waals surface area contributed by atoms with Gasteiger partial charge in [0.2, 0.25) is 0 Å². The summed E-state index contributed by atoms with van der Waals surface area (Å²) in [4.78, 5) is 0. The van der Waals surface area contributed by atoms with Crippen molar-refractivity contribution in [3.05, 3.63) is 0 Å². The molecule has 0 amide bonds. The third-order valence-electron chi connectivity index (χ3n) is 5.59. The van der Waals surface area contributed by atoms with E-state index >= 15 is 0 Å². The first kappa shape index (κ1) is 14.4. The maximum Gasteiger partial charge on any atom is 0.168 e. The fraction of sp³-hybridized carbons (Fsp3) is 1.00. The van der Waals surface area contributed by atoms with Crippen LogP contribution in [0.3, 0.4) is 0 Å². The van der Waals surface area contributed by atoms with Crippen molar-refractivity contribution in [2.45, 2.75) is 75.0 Å². The monoisotopic (exact) mass is 297 g/mol. The van der Waals surface area contributed by atoms with Crippen LogP contribution in [0.1, 0.15) is 51.4 Å². The molecule has 2 saturated carbocycles. The van der Waals surface area contributed by atoms with Crippen LogP contribution >= 0.6 is 0 Å². The van der Waals surface area contributed by atoms with Crippen molar-refractivity contribution >= 4 is 0 Å². The first-order chi connectivity index (χ1) is 10.3. The Hall–Kier alpha value is -0.200. The van der Waals surface area contributed by atoms with Gasteiger partial charge in [0.25, 0.3) is 0 Å². The van der Waals surface area contributed by atoms with E-state index in [9.17, 15) is 0 Å². The number of hydrogen-bond donors (Lipinski definition) is 1. The Morgan fingerprint density at radius 1 is 0.571 bits per heavy atom.